The topological polar surface area (TPSA) is 96.2 Å². The second-order valence-corrected chi connectivity index (χ2v) is 5.27. The first-order valence-corrected chi connectivity index (χ1v) is 7.32. The molecule has 0 spiro atoms. The molecule has 0 saturated heterocycles. The second kappa shape index (κ2) is 5.64. The molecule has 1 aliphatic heterocycles. The Labute approximate surface area is 118 Å². The largest absolute Gasteiger partial charge is 0.369 e. The number of rotatable bonds is 5. The van der Waals surface area contributed by atoms with Crippen molar-refractivity contribution in [2.75, 3.05) is 11.1 Å². The first-order valence-electron chi connectivity index (χ1n) is 7.32. The third kappa shape index (κ3) is 2.42. The molecule has 1 aromatic heterocycles. The minimum atomic E-state index is -0.285. The quantitative estimate of drug-likeness (QED) is 0.770. The third-order valence-electron chi connectivity index (χ3n) is 3.76. The average Bonchev–Trinajstić information content (AvgIpc) is 2.38. The van der Waals surface area contributed by atoms with E-state index in [0.717, 1.165) is 37.8 Å². The van der Waals surface area contributed by atoms with E-state index in [1.807, 2.05) is 0 Å². The number of nitrogen functional groups attached to an aromatic ring is 1. The van der Waals surface area contributed by atoms with Gasteiger partial charge < -0.3 is 11.1 Å². The predicted octanol–water partition coefficient (Wildman–Crippen LogP) is 2.60. The number of nitrogens with one attached hydrogen (secondary N) is 2. The lowest BCUT2D eigenvalue weighted by molar-refractivity contribution is 0.494. The number of nitrogens with zero attached hydrogens (tertiary/aromatic N) is 2. The molecule has 2 rings (SSSR count). The highest BCUT2D eigenvalue weighted by Crippen LogP contribution is 2.36. The zero-order chi connectivity index (χ0) is 14.8. The minimum absolute atomic E-state index is 0.123. The Hall–Kier alpha value is -1.85. The van der Waals surface area contributed by atoms with E-state index < -0.39 is 0 Å². The van der Waals surface area contributed by atoms with E-state index in [1.165, 1.54) is 0 Å². The molecule has 0 fully saturated rings. The van der Waals surface area contributed by atoms with Crippen LogP contribution in [-0.2, 0) is 0 Å². The van der Waals surface area contributed by atoms with Crippen molar-refractivity contribution in [3.05, 3.63) is 10.4 Å². The van der Waals surface area contributed by atoms with Gasteiger partial charge in [0.1, 0.15) is 0 Å². The fourth-order valence-corrected chi connectivity index (χ4v) is 3.03. The first kappa shape index (κ1) is 14.6. The second-order valence-electron chi connectivity index (χ2n) is 5.27. The molecule has 0 bridgehead atoms. The van der Waals surface area contributed by atoms with Crippen LogP contribution in [0.25, 0.3) is 0 Å². The lowest BCUT2D eigenvalue weighted by atomic mass is 9.81. The van der Waals surface area contributed by atoms with Crippen LogP contribution in [0.5, 0.6) is 0 Å². The Bertz CT molecular complexity index is 569. The van der Waals surface area contributed by atoms with Crippen LogP contribution in [0.1, 0.15) is 52.9 Å². The van der Waals surface area contributed by atoms with Crippen LogP contribution in [0.2, 0.25) is 0 Å². The molecule has 110 valence electrons. The van der Waals surface area contributed by atoms with Gasteiger partial charge in [0.25, 0.3) is 5.56 Å². The third-order valence-corrected chi connectivity index (χ3v) is 3.76. The molecule has 0 aromatic carbocycles. The van der Waals surface area contributed by atoms with Crippen LogP contribution in [-0.4, -0.2) is 21.2 Å². The SMILES string of the molecule is CCCC1(CCC)Nc2nc(N)[nH]c(=O)c2N=C1CC. The lowest BCUT2D eigenvalue weighted by Crippen LogP contribution is -2.48. The number of hydrogen-bond donors (Lipinski definition) is 3. The van der Waals surface area contributed by atoms with Gasteiger partial charge in [-0.2, -0.15) is 4.98 Å². The van der Waals surface area contributed by atoms with Gasteiger partial charge >= 0.3 is 0 Å². The summed E-state index contributed by atoms with van der Waals surface area (Å²) in [5, 5.41) is 3.45. The molecule has 0 unspecified atom stereocenters. The van der Waals surface area contributed by atoms with Crippen LogP contribution < -0.4 is 16.6 Å². The van der Waals surface area contributed by atoms with E-state index in [0.29, 0.717) is 11.5 Å². The number of aromatic amines is 1. The summed E-state index contributed by atoms with van der Waals surface area (Å²) in [6.45, 7) is 6.38. The first-order chi connectivity index (χ1) is 9.56. The van der Waals surface area contributed by atoms with Gasteiger partial charge in [-0.15, -0.1) is 0 Å². The van der Waals surface area contributed by atoms with Gasteiger partial charge in [0.2, 0.25) is 5.95 Å². The molecule has 20 heavy (non-hydrogen) atoms. The standard InChI is InChI=1S/C14H23N5O/c1-4-7-14(8-5-2)9(6-3)16-10-11(19-14)17-13(15)18-12(10)20/h4-8H2,1-3H3,(H4,15,17,18,19,20). The average molecular weight is 277 g/mol. The van der Waals surface area contributed by atoms with Crippen molar-refractivity contribution in [3.63, 3.8) is 0 Å². The monoisotopic (exact) mass is 277 g/mol. The fourth-order valence-electron chi connectivity index (χ4n) is 3.03. The number of fused-ring (bicyclic) bond motifs is 1. The molecule has 0 radical (unpaired) electrons. The molecule has 6 nitrogen and oxygen atoms in total. The van der Waals surface area contributed by atoms with Crippen LogP contribution in [0.4, 0.5) is 17.5 Å². The van der Waals surface area contributed by atoms with Crippen molar-refractivity contribution >= 4 is 23.2 Å². The molecule has 1 aliphatic rings. The number of aliphatic imine (C=N–C) groups is 1. The van der Waals surface area contributed by atoms with E-state index in [1.54, 1.807) is 0 Å². The molecule has 0 amide bonds. The number of anilines is 2. The summed E-state index contributed by atoms with van der Waals surface area (Å²) in [4.78, 5) is 23.2. The van der Waals surface area contributed by atoms with Crippen LogP contribution >= 0.6 is 0 Å². The maximum Gasteiger partial charge on any atom is 0.280 e. The Morgan fingerprint density at radius 1 is 1.20 bits per heavy atom. The summed E-state index contributed by atoms with van der Waals surface area (Å²) >= 11 is 0. The molecule has 2 heterocycles. The molecule has 1 aromatic rings. The molecular formula is C14H23N5O. The summed E-state index contributed by atoms with van der Waals surface area (Å²) < 4.78 is 0. The molecule has 0 atom stereocenters. The fraction of sp³-hybridized carbons (Fsp3) is 0.643. The summed E-state index contributed by atoms with van der Waals surface area (Å²) in [5.41, 5.74) is 6.53. The van der Waals surface area contributed by atoms with Gasteiger partial charge in [-0.3, -0.25) is 9.78 Å². The Morgan fingerprint density at radius 3 is 2.40 bits per heavy atom. The number of hydrogen-bond acceptors (Lipinski definition) is 5. The van der Waals surface area contributed by atoms with Crippen molar-refractivity contribution in [1.29, 1.82) is 0 Å². The summed E-state index contributed by atoms with van der Waals surface area (Å²) in [5.74, 6) is 0.628. The van der Waals surface area contributed by atoms with Gasteiger partial charge in [-0.25, -0.2) is 4.99 Å². The minimum Gasteiger partial charge on any atom is -0.369 e. The Morgan fingerprint density at radius 2 is 1.85 bits per heavy atom. The predicted molar refractivity (Wildman–Crippen MR) is 82.8 cm³/mol. The molecule has 0 aliphatic carbocycles. The highest BCUT2D eigenvalue weighted by Gasteiger charge is 2.37. The highest BCUT2D eigenvalue weighted by molar-refractivity contribution is 6.01. The van der Waals surface area contributed by atoms with E-state index in [4.69, 9.17) is 5.73 Å². The number of nitrogens with two attached hydrogens (primary N) is 1. The summed E-state index contributed by atoms with van der Waals surface area (Å²) in [6.07, 6.45) is 4.85. The summed E-state index contributed by atoms with van der Waals surface area (Å²) in [7, 11) is 0. The van der Waals surface area contributed by atoms with Gasteiger partial charge in [0.05, 0.1) is 5.54 Å². The molecule has 4 N–H and O–H groups in total. The van der Waals surface area contributed by atoms with E-state index in [2.05, 4.69) is 41.0 Å². The van der Waals surface area contributed by atoms with E-state index >= 15 is 0 Å². The zero-order valence-electron chi connectivity index (χ0n) is 12.4. The van der Waals surface area contributed by atoms with Crippen LogP contribution in [0, 0.1) is 0 Å². The van der Waals surface area contributed by atoms with Crippen molar-refractivity contribution in [2.45, 2.75) is 58.4 Å². The van der Waals surface area contributed by atoms with Crippen LogP contribution in [0.15, 0.2) is 9.79 Å². The Balaban J connectivity index is 2.57. The zero-order valence-corrected chi connectivity index (χ0v) is 12.4. The summed E-state index contributed by atoms with van der Waals surface area (Å²) in [6, 6.07) is 0. The molecule has 0 saturated carbocycles. The number of aromatic nitrogens is 2. The van der Waals surface area contributed by atoms with Gasteiger partial charge in [0.15, 0.2) is 11.5 Å². The van der Waals surface area contributed by atoms with Gasteiger partial charge in [0, 0.05) is 5.71 Å². The van der Waals surface area contributed by atoms with Gasteiger partial charge in [-0.05, 0) is 19.3 Å². The lowest BCUT2D eigenvalue weighted by Gasteiger charge is -2.39. The maximum atomic E-state index is 12.0. The van der Waals surface area contributed by atoms with Crippen molar-refractivity contribution in [1.82, 2.24) is 9.97 Å². The molecule has 6 heteroatoms. The smallest absolute Gasteiger partial charge is 0.280 e. The van der Waals surface area contributed by atoms with Crippen molar-refractivity contribution in [2.24, 2.45) is 4.99 Å². The molecular weight excluding hydrogens is 254 g/mol. The number of H-pyrrole nitrogens is 1. The normalized spacial score (nSPS) is 16.2. The Kier molecular flexibility index (Phi) is 4.11. The maximum absolute atomic E-state index is 12.0. The van der Waals surface area contributed by atoms with E-state index in [9.17, 15) is 4.79 Å². The van der Waals surface area contributed by atoms with Crippen molar-refractivity contribution < 1.29 is 0 Å². The highest BCUT2D eigenvalue weighted by atomic mass is 16.1. The van der Waals surface area contributed by atoms with E-state index in [-0.39, 0.29) is 17.0 Å². The van der Waals surface area contributed by atoms with Gasteiger partial charge in [-0.1, -0.05) is 33.6 Å². The van der Waals surface area contributed by atoms with Crippen molar-refractivity contribution in [3.8, 4) is 0 Å². The van der Waals surface area contributed by atoms with Crippen LogP contribution in [0.3, 0.4) is 0 Å².